The molecule has 0 aliphatic heterocycles. The van der Waals surface area contributed by atoms with E-state index in [-0.39, 0.29) is 17.6 Å². The van der Waals surface area contributed by atoms with Gasteiger partial charge in [0.1, 0.15) is 5.75 Å². The molecule has 4 aromatic rings. The number of halogens is 1. The normalized spacial score (nSPS) is 11.0. The van der Waals surface area contributed by atoms with Gasteiger partial charge in [-0.25, -0.2) is 9.97 Å². The number of hydrogen-bond acceptors (Lipinski definition) is 8. The quantitative estimate of drug-likeness (QED) is 0.182. The Morgan fingerprint density at radius 1 is 1.15 bits per heavy atom. The van der Waals surface area contributed by atoms with E-state index in [1.165, 1.54) is 19.2 Å². The van der Waals surface area contributed by atoms with Gasteiger partial charge in [0.2, 0.25) is 11.9 Å². The van der Waals surface area contributed by atoms with Crippen LogP contribution in [0.15, 0.2) is 55.4 Å². The zero-order valence-electron chi connectivity index (χ0n) is 24.1. The van der Waals surface area contributed by atoms with E-state index < -0.39 is 0 Å². The van der Waals surface area contributed by atoms with Gasteiger partial charge in [-0.3, -0.25) is 9.59 Å². The Bertz CT molecular complexity index is 1630. The summed E-state index contributed by atoms with van der Waals surface area (Å²) in [6.07, 6.45) is 4.65. The fraction of sp³-hybridized carbons (Fsp3) is 0.267. The van der Waals surface area contributed by atoms with E-state index in [0.717, 1.165) is 29.7 Å². The number of methoxy groups -OCH3 is 1. The van der Waals surface area contributed by atoms with E-state index in [2.05, 4.69) is 27.1 Å². The zero-order chi connectivity index (χ0) is 29.8. The Morgan fingerprint density at radius 3 is 2.56 bits per heavy atom. The molecule has 0 bridgehead atoms. The first kappa shape index (κ1) is 29.6. The first-order chi connectivity index (χ1) is 19.5. The number of ether oxygens (including phenoxy) is 1. The van der Waals surface area contributed by atoms with E-state index in [0.29, 0.717) is 39.0 Å². The molecule has 41 heavy (non-hydrogen) atoms. The van der Waals surface area contributed by atoms with Crippen LogP contribution in [0.4, 0.5) is 23.0 Å². The molecule has 0 fully saturated rings. The number of benzene rings is 2. The van der Waals surface area contributed by atoms with Crippen molar-refractivity contribution < 1.29 is 14.3 Å². The molecule has 214 valence electrons. The predicted molar refractivity (Wildman–Crippen MR) is 166 cm³/mol. The molecule has 0 aliphatic carbocycles. The number of rotatable bonds is 11. The maximum Gasteiger partial charge on any atom is 0.247 e. The van der Waals surface area contributed by atoms with E-state index in [9.17, 15) is 9.59 Å². The summed E-state index contributed by atoms with van der Waals surface area (Å²) in [5, 5.41) is 7.35. The monoisotopic (exact) mass is 575 g/mol. The number of nitrogens with one attached hydrogen (secondary N) is 2. The third-order valence-corrected chi connectivity index (χ3v) is 6.99. The zero-order valence-corrected chi connectivity index (χ0v) is 24.8. The molecule has 0 spiro atoms. The van der Waals surface area contributed by atoms with Crippen molar-refractivity contribution in [3.05, 3.63) is 66.0 Å². The third kappa shape index (κ3) is 6.50. The van der Waals surface area contributed by atoms with Crippen LogP contribution in [0.3, 0.4) is 0 Å². The molecule has 4 rings (SSSR count). The van der Waals surface area contributed by atoms with Gasteiger partial charge < -0.3 is 29.7 Å². The highest BCUT2D eigenvalue weighted by molar-refractivity contribution is 6.33. The fourth-order valence-corrected chi connectivity index (χ4v) is 4.61. The first-order valence-electron chi connectivity index (χ1n) is 12.9. The summed E-state index contributed by atoms with van der Waals surface area (Å²) in [6.45, 7) is 6.63. The van der Waals surface area contributed by atoms with Gasteiger partial charge in [0.25, 0.3) is 0 Å². The molecule has 0 unspecified atom stereocenters. The van der Waals surface area contributed by atoms with Crippen molar-refractivity contribution in [1.29, 1.82) is 0 Å². The number of nitrogens with zero attached hydrogens (tertiary/aromatic N) is 5. The van der Waals surface area contributed by atoms with Crippen LogP contribution in [0.25, 0.3) is 22.2 Å². The lowest BCUT2D eigenvalue weighted by atomic mass is 10.0. The molecule has 0 aliphatic rings. The molecule has 2 aromatic heterocycles. The molecule has 0 saturated heterocycles. The minimum Gasteiger partial charge on any atom is -0.494 e. The second-order valence-electron chi connectivity index (χ2n) is 9.94. The number of aryl methyl sites for hydroxylation is 1. The van der Waals surface area contributed by atoms with Crippen LogP contribution in [-0.4, -0.2) is 72.5 Å². The molecule has 2 N–H and O–H groups in total. The van der Waals surface area contributed by atoms with Gasteiger partial charge in [-0.15, -0.1) is 0 Å². The number of anilines is 4. The first-order valence-corrected chi connectivity index (χ1v) is 13.3. The van der Waals surface area contributed by atoms with Crippen molar-refractivity contribution in [1.82, 2.24) is 19.4 Å². The lowest BCUT2D eigenvalue weighted by molar-refractivity contribution is -0.111. The van der Waals surface area contributed by atoms with Crippen LogP contribution in [0.1, 0.15) is 17.3 Å². The standard InChI is InChI=1S/C30H34ClN7O3/c1-8-28(40)33-23-15-24(27(41-7)16-26(23)38(6)12-11-36(3)4)34-30-32-17-22(31)29(35-30)21-13-19(18(2)39)14-25-20(21)9-10-37(25)5/h8-10,13-17H,1,11-12H2,2-7H3,(H,33,40)(H,32,34,35). The molecule has 2 aromatic carbocycles. The fourth-order valence-electron chi connectivity index (χ4n) is 4.41. The number of carbonyl (C=O) groups excluding carboxylic acids is 2. The SMILES string of the molecule is C=CC(=O)Nc1cc(Nc2ncc(Cl)c(-c3cc(C(C)=O)cc4c3ccn4C)n2)c(OC)cc1N(C)CCN(C)C. The van der Waals surface area contributed by atoms with Crippen LogP contribution < -0.4 is 20.3 Å². The number of ketones is 1. The average molecular weight is 576 g/mol. The summed E-state index contributed by atoms with van der Waals surface area (Å²) in [6, 6.07) is 9.23. The van der Waals surface area contributed by atoms with Crippen molar-refractivity contribution >= 4 is 57.2 Å². The minimum atomic E-state index is -0.342. The molecule has 0 radical (unpaired) electrons. The molecule has 0 saturated carbocycles. The molecule has 10 nitrogen and oxygen atoms in total. The van der Waals surface area contributed by atoms with Crippen molar-refractivity contribution in [3.8, 4) is 17.0 Å². The van der Waals surface area contributed by atoms with Crippen LogP contribution >= 0.6 is 11.6 Å². The number of Topliss-reactive ketones (excluding diaryl/α,β-unsaturated/α-hetero) is 1. The van der Waals surface area contributed by atoms with Gasteiger partial charge in [-0.05, 0) is 51.4 Å². The highest BCUT2D eigenvalue weighted by Crippen LogP contribution is 2.39. The molecular weight excluding hydrogens is 542 g/mol. The smallest absolute Gasteiger partial charge is 0.247 e. The molecule has 11 heteroatoms. The van der Waals surface area contributed by atoms with Crippen molar-refractivity contribution in [2.75, 3.05) is 56.9 Å². The Morgan fingerprint density at radius 2 is 1.90 bits per heavy atom. The Labute approximate surface area is 244 Å². The molecular formula is C30H34ClN7O3. The lowest BCUT2D eigenvalue weighted by Gasteiger charge is -2.26. The van der Waals surface area contributed by atoms with E-state index in [1.54, 1.807) is 19.2 Å². The summed E-state index contributed by atoms with van der Waals surface area (Å²) >= 11 is 6.60. The number of hydrogen-bond donors (Lipinski definition) is 2. The molecule has 1 amide bonds. The van der Waals surface area contributed by atoms with Gasteiger partial charge in [-0.1, -0.05) is 18.2 Å². The minimum absolute atomic E-state index is 0.0626. The van der Waals surface area contributed by atoms with Gasteiger partial charge in [0.15, 0.2) is 5.78 Å². The molecule has 0 atom stereocenters. The van der Waals surface area contributed by atoms with Crippen molar-refractivity contribution in [3.63, 3.8) is 0 Å². The van der Waals surface area contributed by atoms with E-state index in [4.69, 9.17) is 21.3 Å². The largest absolute Gasteiger partial charge is 0.494 e. The Hall–Kier alpha value is -4.41. The summed E-state index contributed by atoms with van der Waals surface area (Å²) in [5.41, 5.74) is 4.50. The van der Waals surface area contributed by atoms with Crippen molar-refractivity contribution in [2.45, 2.75) is 6.92 Å². The topological polar surface area (TPSA) is 105 Å². The summed E-state index contributed by atoms with van der Waals surface area (Å²) < 4.78 is 7.65. The van der Waals surface area contributed by atoms with Crippen LogP contribution in [0, 0.1) is 0 Å². The summed E-state index contributed by atoms with van der Waals surface area (Å²) in [7, 11) is 9.44. The molecule has 2 heterocycles. The highest BCUT2D eigenvalue weighted by atomic mass is 35.5. The van der Waals surface area contributed by atoms with Gasteiger partial charge in [-0.2, -0.15) is 0 Å². The second-order valence-corrected chi connectivity index (χ2v) is 10.3. The maximum atomic E-state index is 12.3. The Balaban J connectivity index is 1.79. The predicted octanol–water partition coefficient (Wildman–Crippen LogP) is 5.37. The number of fused-ring (bicyclic) bond motifs is 1. The van der Waals surface area contributed by atoms with Crippen molar-refractivity contribution in [2.24, 2.45) is 7.05 Å². The third-order valence-electron chi connectivity index (χ3n) is 6.71. The highest BCUT2D eigenvalue weighted by Gasteiger charge is 2.19. The van der Waals surface area contributed by atoms with E-state index >= 15 is 0 Å². The second kappa shape index (κ2) is 12.4. The van der Waals surface area contributed by atoms with Crippen LogP contribution in [0.2, 0.25) is 5.02 Å². The maximum absolute atomic E-state index is 12.3. The Kier molecular flexibility index (Phi) is 8.95. The van der Waals surface area contributed by atoms with Gasteiger partial charge in [0, 0.05) is 61.5 Å². The lowest BCUT2D eigenvalue weighted by Crippen LogP contribution is -2.29. The number of amides is 1. The van der Waals surface area contributed by atoms with Crippen LogP contribution in [0.5, 0.6) is 5.75 Å². The number of likely N-dealkylation sites (N-methyl/N-ethyl adjacent to an activating group) is 2. The number of carbonyl (C=O) groups is 2. The van der Waals surface area contributed by atoms with Gasteiger partial charge in [0.05, 0.1) is 41.1 Å². The van der Waals surface area contributed by atoms with E-state index in [1.807, 2.05) is 62.1 Å². The van der Waals surface area contributed by atoms with Crippen LogP contribution in [-0.2, 0) is 11.8 Å². The summed E-state index contributed by atoms with van der Waals surface area (Å²) in [5.74, 6) is 0.380. The summed E-state index contributed by atoms with van der Waals surface area (Å²) in [4.78, 5) is 37.8. The average Bonchev–Trinajstić information content (AvgIpc) is 3.32. The number of aromatic nitrogens is 3. The van der Waals surface area contributed by atoms with Gasteiger partial charge >= 0.3 is 0 Å².